The molecule has 0 aliphatic heterocycles. The maximum absolute atomic E-state index is 6.33. The summed E-state index contributed by atoms with van der Waals surface area (Å²) in [6.07, 6.45) is 6.70. The summed E-state index contributed by atoms with van der Waals surface area (Å²) in [6, 6.07) is 3.06. The summed E-state index contributed by atoms with van der Waals surface area (Å²) in [5.41, 5.74) is 8.05. The lowest BCUT2D eigenvalue weighted by Crippen LogP contribution is -2.60. The van der Waals surface area contributed by atoms with Crippen LogP contribution in [0.4, 0.5) is 0 Å². The number of nitrogens with two attached hydrogens (primary N) is 1. The molecule has 2 nitrogen and oxygen atoms in total. The predicted octanol–water partition coefficient (Wildman–Crippen LogP) is 3.87. The van der Waals surface area contributed by atoms with Crippen molar-refractivity contribution in [1.29, 1.82) is 0 Å². The minimum absolute atomic E-state index is 0.246. The van der Waals surface area contributed by atoms with Gasteiger partial charge in [0.05, 0.1) is 0 Å². The molecule has 2 N–H and O–H groups in total. The Morgan fingerprint density at radius 3 is 2.70 bits per heavy atom. The van der Waals surface area contributed by atoms with Crippen molar-refractivity contribution in [3.05, 3.63) is 22.4 Å². The first-order valence-electron chi connectivity index (χ1n) is 8.13. The topological polar surface area (TPSA) is 29.3 Å². The van der Waals surface area contributed by atoms with Gasteiger partial charge in [-0.25, -0.2) is 0 Å². The normalized spacial score (nSPS) is 34.6. The average Bonchev–Trinajstić information content (AvgIpc) is 3.15. The van der Waals surface area contributed by atoms with Crippen LogP contribution in [0.25, 0.3) is 0 Å². The highest BCUT2D eigenvalue weighted by Crippen LogP contribution is 2.45. The molecule has 0 saturated heterocycles. The minimum atomic E-state index is 0.246. The van der Waals surface area contributed by atoms with Crippen LogP contribution >= 0.6 is 11.3 Å². The first kappa shape index (κ1) is 14.6. The highest BCUT2D eigenvalue weighted by molar-refractivity contribution is 7.07. The molecule has 0 amide bonds. The summed E-state index contributed by atoms with van der Waals surface area (Å²) >= 11 is 1.81. The van der Waals surface area contributed by atoms with Crippen molar-refractivity contribution in [3.63, 3.8) is 0 Å². The van der Waals surface area contributed by atoms with Crippen molar-refractivity contribution in [1.82, 2.24) is 4.90 Å². The number of hydrogen-bond donors (Lipinski definition) is 1. The first-order valence-corrected chi connectivity index (χ1v) is 9.08. The van der Waals surface area contributed by atoms with Gasteiger partial charge in [0.25, 0.3) is 0 Å². The zero-order chi connectivity index (χ0) is 14.2. The van der Waals surface area contributed by atoms with Gasteiger partial charge in [0, 0.05) is 24.7 Å². The summed E-state index contributed by atoms with van der Waals surface area (Å²) in [5, 5.41) is 4.50. The Kier molecular flexibility index (Phi) is 4.21. The molecule has 0 spiro atoms. The summed E-state index contributed by atoms with van der Waals surface area (Å²) in [6.45, 7) is 6.76. The minimum Gasteiger partial charge on any atom is -0.329 e. The average molecular weight is 292 g/mol. The van der Waals surface area contributed by atoms with Gasteiger partial charge in [-0.1, -0.05) is 13.8 Å². The van der Waals surface area contributed by atoms with Gasteiger partial charge in [-0.05, 0) is 66.3 Å². The van der Waals surface area contributed by atoms with Crippen LogP contribution in [0.15, 0.2) is 16.8 Å². The number of rotatable bonds is 5. The fourth-order valence-corrected chi connectivity index (χ4v) is 4.81. The zero-order valence-electron chi connectivity index (χ0n) is 12.8. The molecule has 0 aromatic carbocycles. The Labute approximate surface area is 127 Å². The lowest BCUT2D eigenvalue weighted by Gasteiger charge is -2.52. The molecule has 2 aliphatic carbocycles. The van der Waals surface area contributed by atoms with Crippen molar-refractivity contribution in [2.75, 3.05) is 6.54 Å². The molecule has 2 saturated carbocycles. The molecule has 3 rings (SSSR count). The lowest BCUT2D eigenvalue weighted by molar-refractivity contribution is -0.0126. The van der Waals surface area contributed by atoms with E-state index in [9.17, 15) is 0 Å². The van der Waals surface area contributed by atoms with Crippen LogP contribution in [0.5, 0.6) is 0 Å². The largest absolute Gasteiger partial charge is 0.329 e. The van der Waals surface area contributed by atoms with Gasteiger partial charge in [0.1, 0.15) is 0 Å². The van der Waals surface area contributed by atoms with Gasteiger partial charge in [0.2, 0.25) is 0 Å². The van der Waals surface area contributed by atoms with E-state index in [2.05, 4.69) is 35.6 Å². The maximum Gasteiger partial charge on any atom is 0.0363 e. The summed E-state index contributed by atoms with van der Waals surface area (Å²) in [4.78, 5) is 2.78. The van der Waals surface area contributed by atoms with Crippen molar-refractivity contribution in [3.8, 4) is 0 Å². The van der Waals surface area contributed by atoms with E-state index in [1.54, 1.807) is 0 Å². The zero-order valence-corrected chi connectivity index (χ0v) is 13.7. The molecule has 3 atom stereocenters. The molecular formula is C17H28N2S. The smallest absolute Gasteiger partial charge is 0.0363 e. The van der Waals surface area contributed by atoms with Crippen molar-refractivity contribution in [2.24, 2.45) is 17.6 Å². The van der Waals surface area contributed by atoms with Crippen LogP contribution in [0, 0.1) is 11.8 Å². The fourth-order valence-electron chi connectivity index (χ4n) is 4.15. The van der Waals surface area contributed by atoms with E-state index in [0.29, 0.717) is 0 Å². The number of nitrogens with zero attached hydrogens (tertiary/aromatic N) is 1. The number of hydrogen-bond acceptors (Lipinski definition) is 3. The van der Waals surface area contributed by atoms with E-state index in [4.69, 9.17) is 5.73 Å². The van der Waals surface area contributed by atoms with Crippen LogP contribution in [0.3, 0.4) is 0 Å². The molecule has 20 heavy (non-hydrogen) atoms. The van der Waals surface area contributed by atoms with Gasteiger partial charge in [0.15, 0.2) is 0 Å². The molecule has 2 fully saturated rings. The van der Waals surface area contributed by atoms with Crippen LogP contribution in [0.2, 0.25) is 0 Å². The standard InChI is InChI=1S/C17H28N2S/c1-13-5-7-17(12-18,14(2)9-13)19(16-3-4-16)10-15-6-8-20-11-15/h6,8,11,13-14,16H,3-5,7,9-10,12,18H2,1-2H3. The van der Waals surface area contributed by atoms with E-state index in [1.807, 2.05) is 11.3 Å². The lowest BCUT2D eigenvalue weighted by atomic mass is 9.68. The molecule has 2 aliphatic rings. The van der Waals surface area contributed by atoms with Gasteiger partial charge in [-0.15, -0.1) is 0 Å². The highest BCUT2D eigenvalue weighted by atomic mass is 32.1. The molecule has 1 aromatic rings. The maximum atomic E-state index is 6.33. The molecule has 1 aromatic heterocycles. The van der Waals surface area contributed by atoms with Gasteiger partial charge >= 0.3 is 0 Å². The first-order chi connectivity index (χ1) is 9.65. The Morgan fingerprint density at radius 2 is 2.15 bits per heavy atom. The van der Waals surface area contributed by atoms with Crippen molar-refractivity contribution < 1.29 is 0 Å². The van der Waals surface area contributed by atoms with Crippen LogP contribution in [-0.4, -0.2) is 23.0 Å². The molecular weight excluding hydrogens is 264 g/mol. The molecule has 0 radical (unpaired) electrons. The fraction of sp³-hybridized carbons (Fsp3) is 0.765. The summed E-state index contributed by atoms with van der Waals surface area (Å²) in [7, 11) is 0. The van der Waals surface area contributed by atoms with E-state index in [0.717, 1.165) is 31.0 Å². The predicted molar refractivity (Wildman–Crippen MR) is 86.8 cm³/mol. The van der Waals surface area contributed by atoms with E-state index in [1.165, 1.54) is 37.7 Å². The third kappa shape index (κ3) is 2.68. The van der Waals surface area contributed by atoms with E-state index in [-0.39, 0.29) is 5.54 Å². The third-order valence-corrected chi connectivity index (χ3v) is 6.32. The van der Waals surface area contributed by atoms with Gasteiger partial charge in [-0.3, -0.25) is 4.90 Å². The number of thiophene rings is 1. The quantitative estimate of drug-likeness (QED) is 0.892. The van der Waals surface area contributed by atoms with Gasteiger partial charge in [-0.2, -0.15) is 11.3 Å². The third-order valence-electron chi connectivity index (χ3n) is 5.59. The van der Waals surface area contributed by atoms with Crippen molar-refractivity contribution in [2.45, 2.75) is 64.1 Å². The molecule has 3 heteroatoms. The van der Waals surface area contributed by atoms with Gasteiger partial charge < -0.3 is 5.73 Å². The molecule has 1 heterocycles. The second kappa shape index (κ2) is 5.78. The highest BCUT2D eigenvalue weighted by Gasteiger charge is 2.48. The summed E-state index contributed by atoms with van der Waals surface area (Å²) in [5.74, 6) is 1.59. The Morgan fingerprint density at radius 1 is 1.35 bits per heavy atom. The summed E-state index contributed by atoms with van der Waals surface area (Å²) < 4.78 is 0. The Balaban J connectivity index is 1.83. The van der Waals surface area contributed by atoms with Crippen LogP contribution in [-0.2, 0) is 6.54 Å². The van der Waals surface area contributed by atoms with E-state index < -0.39 is 0 Å². The Bertz CT molecular complexity index is 426. The molecule has 3 unspecified atom stereocenters. The molecule has 112 valence electrons. The Hall–Kier alpha value is -0.380. The van der Waals surface area contributed by atoms with Crippen LogP contribution in [0.1, 0.15) is 51.5 Å². The SMILES string of the molecule is CC1CCC(CN)(N(Cc2ccsc2)C2CC2)C(C)C1. The van der Waals surface area contributed by atoms with Crippen LogP contribution < -0.4 is 5.73 Å². The second-order valence-electron chi connectivity index (χ2n) is 7.08. The monoisotopic (exact) mass is 292 g/mol. The van der Waals surface area contributed by atoms with E-state index >= 15 is 0 Å². The van der Waals surface area contributed by atoms with Crippen molar-refractivity contribution >= 4 is 11.3 Å². The molecule has 0 bridgehead atoms. The second-order valence-corrected chi connectivity index (χ2v) is 7.86.